The van der Waals surface area contributed by atoms with Crippen molar-refractivity contribution in [1.82, 2.24) is 0 Å². The molecule has 0 saturated heterocycles. The Balaban J connectivity index is 2.04. The van der Waals surface area contributed by atoms with Crippen LogP contribution in [0.15, 0.2) is 24.3 Å². The summed E-state index contributed by atoms with van der Waals surface area (Å²) in [6, 6.07) is 5.69. The van der Waals surface area contributed by atoms with E-state index in [1.807, 2.05) is 0 Å². The van der Waals surface area contributed by atoms with Gasteiger partial charge in [-0.15, -0.1) is 13.2 Å². The van der Waals surface area contributed by atoms with Crippen molar-refractivity contribution in [2.75, 3.05) is 0 Å². The van der Waals surface area contributed by atoms with Gasteiger partial charge < -0.3 is 10.5 Å². The second kappa shape index (κ2) is 4.56. The molecule has 0 unspecified atom stereocenters. The smallest absolute Gasteiger partial charge is 0.406 e. The lowest BCUT2D eigenvalue weighted by molar-refractivity contribution is -0.274. The molecular formula is C12H14F3NO. The van der Waals surface area contributed by atoms with E-state index in [1.165, 1.54) is 31.0 Å². The van der Waals surface area contributed by atoms with E-state index in [0.29, 0.717) is 11.5 Å². The highest BCUT2D eigenvalue weighted by Gasteiger charge is 2.31. The quantitative estimate of drug-likeness (QED) is 0.882. The normalized spacial score (nSPS) is 17.9. The van der Waals surface area contributed by atoms with Crippen molar-refractivity contribution in [3.63, 3.8) is 0 Å². The van der Waals surface area contributed by atoms with Gasteiger partial charge in [0.05, 0.1) is 0 Å². The van der Waals surface area contributed by atoms with Gasteiger partial charge in [-0.25, -0.2) is 0 Å². The number of nitrogens with two attached hydrogens (primary N) is 1. The molecule has 2 rings (SSSR count). The van der Waals surface area contributed by atoms with Crippen LogP contribution in [0.2, 0.25) is 0 Å². The first-order chi connectivity index (χ1) is 7.94. The van der Waals surface area contributed by atoms with E-state index >= 15 is 0 Å². The lowest BCUT2D eigenvalue weighted by atomic mass is 10.0. The zero-order valence-corrected chi connectivity index (χ0v) is 9.20. The number of halogens is 3. The molecule has 2 nitrogen and oxygen atoms in total. The van der Waals surface area contributed by atoms with Crippen LogP contribution in [-0.4, -0.2) is 6.36 Å². The summed E-state index contributed by atoms with van der Waals surface area (Å²) in [6.45, 7) is 0. The van der Waals surface area contributed by atoms with Crippen LogP contribution in [0.5, 0.6) is 5.75 Å². The standard InChI is InChI=1S/C12H14F3NO/c13-12(14,15)17-10-3-1-2-9(7-10)11(16)6-8-4-5-8/h1-3,7-8,11H,4-6,16H2/t11-/m0/s1. The Morgan fingerprint density at radius 1 is 1.35 bits per heavy atom. The van der Waals surface area contributed by atoms with Crippen LogP contribution in [0.4, 0.5) is 13.2 Å². The summed E-state index contributed by atoms with van der Waals surface area (Å²) in [5.74, 6) is 0.429. The molecule has 1 aromatic carbocycles. The summed E-state index contributed by atoms with van der Waals surface area (Å²) < 4.78 is 40.0. The van der Waals surface area contributed by atoms with Gasteiger partial charge in [-0.3, -0.25) is 0 Å². The number of alkyl halides is 3. The number of hydrogen-bond acceptors (Lipinski definition) is 2. The average molecular weight is 245 g/mol. The van der Waals surface area contributed by atoms with E-state index < -0.39 is 6.36 Å². The molecule has 17 heavy (non-hydrogen) atoms. The Bertz CT molecular complexity index is 388. The molecule has 94 valence electrons. The van der Waals surface area contributed by atoms with Gasteiger partial charge in [-0.2, -0.15) is 0 Å². The molecule has 1 aliphatic carbocycles. The summed E-state index contributed by atoms with van der Waals surface area (Å²) in [7, 11) is 0. The molecule has 2 N–H and O–H groups in total. The summed E-state index contributed by atoms with van der Waals surface area (Å²) in [4.78, 5) is 0. The molecule has 1 atom stereocenters. The van der Waals surface area contributed by atoms with E-state index in [0.717, 1.165) is 6.42 Å². The summed E-state index contributed by atoms with van der Waals surface area (Å²) in [6.07, 6.45) is -1.48. The maximum Gasteiger partial charge on any atom is 0.573 e. The molecular weight excluding hydrogens is 231 g/mol. The van der Waals surface area contributed by atoms with E-state index in [2.05, 4.69) is 4.74 Å². The molecule has 1 aromatic rings. The summed E-state index contributed by atoms with van der Waals surface area (Å²) >= 11 is 0. The fourth-order valence-electron chi connectivity index (χ4n) is 1.79. The number of ether oxygens (including phenoxy) is 1. The molecule has 0 amide bonds. The number of benzene rings is 1. The Morgan fingerprint density at radius 3 is 2.65 bits per heavy atom. The lowest BCUT2D eigenvalue weighted by Gasteiger charge is -2.14. The van der Waals surface area contributed by atoms with Crippen LogP contribution < -0.4 is 10.5 Å². The van der Waals surface area contributed by atoms with E-state index in [1.54, 1.807) is 6.07 Å². The van der Waals surface area contributed by atoms with Crippen LogP contribution in [-0.2, 0) is 0 Å². The third kappa shape index (κ3) is 3.93. The SMILES string of the molecule is N[C@@H](CC1CC1)c1cccc(OC(F)(F)F)c1. The first-order valence-electron chi connectivity index (χ1n) is 5.55. The van der Waals surface area contributed by atoms with Crippen molar-refractivity contribution >= 4 is 0 Å². The third-order valence-corrected chi connectivity index (χ3v) is 2.80. The Labute approximate surface area is 97.6 Å². The third-order valence-electron chi connectivity index (χ3n) is 2.80. The van der Waals surface area contributed by atoms with Crippen LogP contribution in [0.3, 0.4) is 0 Å². The molecule has 0 aliphatic heterocycles. The van der Waals surface area contributed by atoms with Gasteiger partial charge in [-0.05, 0) is 30.0 Å². The largest absolute Gasteiger partial charge is 0.573 e. The molecule has 0 radical (unpaired) electrons. The van der Waals surface area contributed by atoms with Crippen LogP contribution in [0.25, 0.3) is 0 Å². The maximum absolute atomic E-state index is 12.0. The molecule has 0 aromatic heterocycles. The topological polar surface area (TPSA) is 35.2 Å². The molecule has 1 saturated carbocycles. The molecule has 5 heteroatoms. The highest BCUT2D eigenvalue weighted by Crippen LogP contribution is 2.37. The summed E-state index contributed by atoms with van der Waals surface area (Å²) in [5.41, 5.74) is 6.62. The number of rotatable bonds is 4. The Kier molecular flexibility index (Phi) is 3.28. The monoisotopic (exact) mass is 245 g/mol. The van der Waals surface area contributed by atoms with Crippen molar-refractivity contribution in [2.24, 2.45) is 11.7 Å². The lowest BCUT2D eigenvalue weighted by Crippen LogP contribution is -2.18. The van der Waals surface area contributed by atoms with Gasteiger partial charge in [0.2, 0.25) is 0 Å². The van der Waals surface area contributed by atoms with E-state index in [-0.39, 0.29) is 11.8 Å². The van der Waals surface area contributed by atoms with Crippen LogP contribution >= 0.6 is 0 Å². The van der Waals surface area contributed by atoms with Crippen molar-refractivity contribution < 1.29 is 17.9 Å². The molecule has 1 fully saturated rings. The highest BCUT2D eigenvalue weighted by molar-refractivity contribution is 5.30. The molecule has 0 heterocycles. The fourth-order valence-corrected chi connectivity index (χ4v) is 1.79. The van der Waals surface area contributed by atoms with Gasteiger partial charge in [0.15, 0.2) is 0 Å². The predicted molar refractivity (Wildman–Crippen MR) is 57.4 cm³/mol. The highest BCUT2D eigenvalue weighted by atomic mass is 19.4. The van der Waals surface area contributed by atoms with Crippen molar-refractivity contribution in [3.8, 4) is 5.75 Å². The van der Waals surface area contributed by atoms with Crippen molar-refractivity contribution in [1.29, 1.82) is 0 Å². The zero-order valence-electron chi connectivity index (χ0n) is 9.20. The van der Waals surface area contributed by atoms with Gasteiger partial charge in [0, 0.05) is 6.04 Å². The van der Waals surface area contributed by atoms with Gasteiger partial charge >= 0.3 is 6.36 Å². The average Bonchev–Trinajstić information content (AvgIpc) is 2.99. The van der Waals surface area contributed by atoms with Crippen molar-refractivity contribution in [3.05, 3.63) is 29.8 Å². The molecule has 1 aliphatic rings. The number of hydrogen-bond donors (Lipinski definition) is 1. The van der Waals surface area contributed by atoms with Gasteiger partial charge in [0.1, 0.15) is 5.75 Å². The second-order valence-corrected chi connectivity index (χ2v) is 4.41. The van der Waals surface area contributed by atoms with Gasteiger partial charge in [-0.1, -0.05) is 25.0 Å². The molecule has 0 spiro atoms. The minimum Gasteiger partial charge on any atom is -0.406 e. The van der Waals surface area contributed by atoms with E-state index in [9.17, 15) is 13.2 Å². The van der Waals surface area contributed by atoms with E-state index in [4.69, 9.17) is 5.73 Å². The zero-order chi connectivity index (χ0) is 12.5. The Morgan fingerprint density at radius 2 is 2.06 bits per heavy atom. The first-order valence-corrected chi connectivity index (χ1v) is 5.55. The van der Waals surface area contributed by atoms with Crippen LogP contribution in [0.1, 0.15) is 30.9 Å². The molecule has 0 bridgehead atoms. The van der Waals surface area contributed by atoms with Gasteiger partial charge in [0.25, 0.3) is 0 Å². The summed E-state index contributed by atoms with van der Waals surface area (Å²) in [5, 5.41) is 0. The maximum atomic E-state index is 12.0. The van der Waals surface area contributed by atoms with Crippen LogP contribution in [0, 0.1) is 5.92 Å². The predicted octanol–water partition coefficient (Wildman–Crippen LogP) is 3.39. The fraction of sp³-hybridized carbons (Fsp3) is 0.500. The van der Waals surface area contributed by atoms with Crippen molar-refractivity contribution in [2.45, 2.75) is 31.7 Å². The minimum absolute atomic E-state index is 0.207. The Hall–Kier alpha value is -1.23. The minimum atomic E-state index is -4.65. The second-order valence-electron chi connectivity index (χ2n) is 4.41. The first kappa shape index (κ1) is 12.2.